The summed E-state index contributed by atoms with van der Waals surface area (Å²) in [4.78, 5) is 26.8. The summed E-state index contributed by atoms with van der Waals surface area (Å²) < 4.78 is 6.89. The zero-order valence-corrected chi connectivity index (χ0v) is 15.4. The fourth-order valence-corrected chi connectivity index (χ4v) is 2.90. The fraction of sp³-hybridized carbons (Fsp3) is 0.333. The first-order valence-corrected chi connectivity index (χ1v) is 8.56. The number of hydrogen-bond acceptors (Lipinski definition) is 5. The number of carbonyl (C=O) groups excluding carboxylic acids is 1. The molecule has 2 heterocycles. The molecule has 0 fully saturated rings. The van der Waals surface area contributed by atoms with Crippen molar-refractivity contribution in [3.8, 4) is 0 Å². The maximum atomic E-state index is 12.3. The van der Waals surface area contributed by atoms with Gasteiger partial charge in [-0.25, -0.2) is 4.79 Å². The monoisotopic (exact) mass is 370 g/mol. The maximum Gasteiger partial charge on any atom is 0.319 e. The van der Waals surface area contributed by atoms with Gasteiger partial charge in [-0.3, -0.25) is 4.79 Å². The first-order valence-electron chi connectivity index (χ1n) is 8.56. The zero-order valence-electron chi connectivity index (χ0n) is 15.4. The number of H-pyrrole nitrogens is 1. The molecule has 3 rings (SSSR count). The van der Waals surface area contributed by atoms with Crippen LogP contribution in [-0.2, 0) is 11.3 Å². The van der Waals surface area contributed by atoms with Gasteiger partial charge in [0.15, 0.2) is 5.82 Å². The molecule has 1 aromatic carbocycles. The Kier molecular flexibility index (Phi) is 5.51. The highest BCUT2D eigenvalue weighted by Crippen LogP contribution is 2.19. The van der Waals surface area contributed by atoms with E-state index in [4.69, 9.17) is 4.74 Å². The molecular formula is C18H22N6O3. The van der Waals surface area contributed by atoms with Crippen molar-refractivity contribution in [2.24, 2.45) is 0 Å². The zero-order chi connectivity index (χ0) is 19.4. The number of pyridine rings is 1. The van der Waals surface area contributed by atoms with E-state index in [0.29, 0.717) is 30.2 Å². The van der Waals surface area contributed by atoms with Gasteiger partial charge in [-0.15, -0.1) is 10.2 Å². The van der Waals surface area contributed by atoms with E-state index in [0.717, 1.165) is 10.9 Å². The second-order valence-corrected chi connectivity index (χ2v) is 6.27. The predicted octanol–water partition coefficient (Wildman–Crippen LogP) is 1.96. The summed E-state index contributed by atoms with van der Waals surface area (Å²) in [6, 6.07) is 6.21. The number of methoxy groups -OCH3 is 1. The van der Waals surface area contributed by atoms with Crippen LogP contribution in [0.1, 0.15) is 24.4 Å². The molecular weight excluding hydrogens is 348 g/mol. The van der Waals surface area contributed by atoms with Crippen molar-refractivity contribution in [3.63, 3.8) is 0 Å². The highest BCUT2D eigenvalue weighted by Gasteiger charge is 2.16. The van der Waals surface area contributed by atoms with E-state index in [1.54, 1.807) is 31.6 Å². The number of carbonyl (C=O) groups is 1. The molecule has 0 unspecified atom stereocenters. The Morgan fingerprint density at radius 2 is 2.19 bits per heavy atom. The number of rotatable bonds is 6. The van der Waals surface area contributed by atoms with Crippen LogP contribution in [0.3, 0.4) is 0 Å². The van der Waals surface area contributed by atoms with E-state index < -0.39 is 0 Å². The summed E-state index contributed by atoms with van der Waals surface area (Å²) in [6.45, 7) is 4.83. The van der Waals surface area contributed by atoms with Crippen molar-refractivity contribution in [2.45, 2.75) is 26.4 Å². The molecule has 0 bridgehead atoms. The Morgan fingerprint density at radius 3 is 2.96 bits per heavy atom. The second kappa shape index (κ2) is 8.00. The number of ether oxygens (including phenoxy) is 1. The molecule has 0 aliphatic heterocycles. The van der Waals surface area contributed by atoms with Crippen LogP contribution in [0.2, 0.25) is 0 Å². The first kappa shape index (κ1) is 18.6. The highest BCUT2D eigenvalue weighted by atomic mass is 16.5. The van der Waals surface area contributed by atoms with Crippen molar-refractivity contribution >= 4 is 22.6 Å². The summed E-state index contributed by atoms with van der Waals surface area (Å²) in [5.74, 6) is 0.640. The molecule has 1 atom stereocenters. The number of hydrogen-bond donors (Lipinski definition) is 3. The van der Waals surface area contributed by atoms with Crippen LogP contribution in [0, 0.1) is 6.92 Å². The quantitative estimate of drug-likeness (QED) is 0.614. The smallest absolute Gasteiger partial charge is 0.319 e. The van der Waals surface area contributed by atoms with Crippen LogP contribution in [-0.4, -0.2) is 39.5 Å². The molecule has 0 aliphatic carbocycles. The lowest BCUT2D eigenvalue weighted by molar-refractivity contribution is 0.185. The molecule has 3 N–H and O–H groups in total. The Morgan fingerprint density at radius 1 is 1.37 bits per heavy atom. The molecule has 2 aromatic heterocycles. The Labute approximate surface area is 155 Å². The van der Waals surface area contributed by atoms with Crippen LogP contribution in [0.25, 0.3) is 10.9 Å². The minimum absolute atomic E-state index is 0.175. The average molecular weight is 370 g/mol. The summed E-state index contributed by atoms with van der Waals surface area (Å²) in [6.07, 6.45) is 1.60. The van der Waals surface area contributed by atoms with Gasteiger partial charge in [-0.2, -0.15) is 0 Å². The largest absolute Gasteiger partial charge is 0.383 e. The van der Waals surface area contributed by atoms with E-state index in [9.17, 15) is 9.59 Å². The van der Waals surface area contributed by atoms with E-state index in [1.807, 2.05) is 24.5 Å². The molecule has 9 heteroatoms. The third kappa shape index (κ3) is 4.32. The number of urea groups is 1. The average Bonchev–Trinajstić information content (AvgIpc) is 3.08. The standard InChI is InChI=1S/C18H22N6O3/c1-11-8-16(25)22-15-9-13(4-5-14(11)15)21-18(26)20-12(2)17-23-19-10-24(17)6-7-27-3/h4-5,8-10,12H,6-7H2,1-3H3,(H,22,25)(H2,20,21,26)/t12-/m0/s1. The number of aromatic nitrogens is 4. The first-order chi connectivity index (χ1) is 13.0. The van der Waals surface area contributed by atoms with E-state index in [-0.39, 0.29) is 17.6 Å². The second-order valence-electron chi connectivity index (χ2n) is 6.27. The van der Waals surface area contributed by atoms with E-state index in [2.05, 4.69) is 25.8 Å². The SMILES string of the molecule is COCCn1cnnc1[C@H](C)NC(=O)Nc1ccc2c(C)cc(=O)[nH]c2c1. The van der Waals surface area contributed by atoms with Crippen LogP contribution < -0.4 is 16.2 Å². The maximum absolute atomic E-state index is 12.3. The number of nitrogens with zero attached hydrogens (tertiary/aromatic N) is 3. The molecule has 2 amide bonds. The van der Waals surface area contributed by atoms with Crippen LogP contribution in [0.15, 0.2) is 35.4 Å². The van der Waals surface area contributed by atoms with Gasteiger partial charge in [0.2, 0.25) is 5.56 Å². The third-order valence-electron chi connectivity index (χ3n) is 4.22. The number of amides is 2. The minimum Gasteiger partial charge on any atom is -0.383 e. The summed E-state index contributed by atoms with van der Waals surface area (Å²) in [5.41, 5.74) is 1.96. The molecule has 27 heavy (non-hydrogen) atoms. The van der Waals surface area contributed by atoms with Gasteiger partial charge in [0.25, 0.3) is 0 Å². The van der Waals surface area contributed by atoms with Gasteiger partial charge >= 0.3 is 6.03 Å². The van der Waals surface area contributed by atoms with Gasteiger partial charge in [0.1, 0.15) is 6.33 Å². The van der Waals surface area contributed by atoms with Crippen LogP contribution in [0.5, 0.6) is 0 Å². The number of fused-ring (bicyclic) bond motifs is 1. The number of nitrogens with one attached hydrogen (secondary N) is 3. The molecule has 0 saturated carbocycles. The number of aryl methyl sites for hydroxylation is 1. The lowest BCUT2D eigenvalue weighted by Crippen LogP contribution is -2.32. The minimum atomic E-state index is -0.377. The number of anilines is 1. The molecule has 0 spiro atoms. The molecule has 0 aliphatic rings. The summed E-state index contributed by atoms with van der Waals surface area (Å²) >= 11 is 0. The predicted molar refractivity (Wildman–Crippen MR) is 102 cm³/mol. The van der Waals surface area contributed by atoms with Gasteiger partial charge in [0.05, 0.1) is 18.2 Å². The van der Waals surface area contributed by atoms with Crippen molar-refractivity contribution in [1.82, 2.24) is 25.1 Å². The highest BCUT2D eigenvalue weighted by molar-refractivity contribution is 5.93. The lowest BCUT2D eigenvalue weighted by atomic mass is 10.1. The fourth-order valence-electron chi connectivity index (χ4n) is 2.90. The molecule has 3 aromatic rings. The topological polar surface area (TPSA) is 114 Å². The Hall–Kier alpha value is -3.20. The molecule has 9 nitrogen and oxygen atoms in total. The van der Waals surface area contributed by atoms with Crippen molar-refractivity contribution in [1.29, 1.82) is 0 Å². The van der Waals surface area contributed by atoms with Crippen LogP contribution >= 0.6 is 0 Å². The number of aromatic amines is 1. The Bertz CT molecular complexity index is 1010. The van der Waals surface area contributed by atoms with Gasteiger partial charge in [-0.05, 0) is 31.5 Å². The van der Waals surface area contributed by atoms with Gasteiger partial charge in [0, 0.05) is 30.8 Å². The third-order valence-corrected chi connectivity index (χ3v) is 4.22. The van der Waals surface area contributed by atoms with Crippen molar-refractivity contribution in [2.75, 3.05) is 19.0 Å². The summed E-state index contributed by atoms with van der Waals surface area (Å²) in [5, 5.41) is 14.5. The van der Waals surface area contributed by atoms with Gasteiger partial charge < -0.3 is 24.9 Å². The lowest BCUT2D eigenvalue weighted by Gasteiger charge is -2.15. The van der Waals surface area contributed by atoms with Crippen molar-refractivity contribution < 1.29 is 9.53 Å². The van der Waals surface area contributed by atoms with E-state index >= 15 is 0 Å². The molecule has 142 valence electrons. The van der Waals surface area contributed by atoms with Crippen LogP contribution in [0.4, 0.5) is 10.5 Å². The number of benzene rings is 1. The molecule has 0 saturated heterocycles. The van der Waals surface area contributed by atoms with Crippen molar-refractivity contribution in [3.05, 3.63) is 52.3 Å². The Balaban J connectivity index is 1.69. The van der Waals surface area contributed by atoms with Gasteiger partial charge in [-0.1, -0.05) is 6.07 Å². The summed E-state index contributed by atoms with van der Waals surface area (Å²) in [7, 11) is 1.62. The normalized spacial score (nSPS) is 12.1. The van der Waals surface area contributed by atoms with E-state index in [1.165, 1.54) is 0 Å². The molecule has 0 radical (unpaired) electrons.